The lowest BCUT2D eigenvalue weighted by Crippen LogP contribution is -2.58. The first-order valence-corrected chi connectivity index (χ1v) is 9.24. The van der Waals surface area contributed by atoms with E-state index < -0.39 is 47.2 Å². The summed E-state index contributed by atoms with van der Waals surface area (Å²) in [5.41, 5.74) is -0.195. The van der Waals surface area contributed by atoms with Crippen molar-refractivity contribution in [3.8, 4) is 0 Å². The van der Waals surface area contributed by atoms with Crippen LogP contribution >= 0.6 is 0 Å². The van der Waals surface area contributed by atoms with E-state index in [1.807, 2.05) is 13.8 Å². The smallest absolute Gasteiger partial charge is 0.341 e. The van der Waals surface area contributed by atoms with Gasteiger partial charge in [0, 0.05) is 16.9 Å². The number of epoxide rings is 1. The summed E-state index contributed by atoms with van der Waals surface area (Å²) < 4.78 is 16.8. The van der Waals surface area contributed by atoms with Gasteiger partial charge in [-0.15, -0.1) is 0 Å². The second-order valence-corrected chi connectivity index (χ2v) is 8.63. The number of carbonyl (C=O) groups excluding carboxylic acids is 2. The predicted octanol–water partition coefficient (Wildman–Crippen LogP) is 1.91. The molecule has 2 unspecified atom stereocenters. The molecule has 8 atom stereocenters. The van der Waals surface area contributed by atoms with Gasteiger partial charge in [0.2, 0.25) is 0 Å². The highest BCUT2D eigenvalue weighted by molar-refractivity contribution is 5.91. The summed E-state index contributed by atoms with van der Waals surface area (Å²) >= 11 is 0. The Morgan fingerprint density at radius 2 is 2.00 bits per heavy atom. The fraction of sp³-hybridized carbons (Fsp3) is 0.700. The maximum Gasteiger partial charge on any atom is 0.341 e. The van der Waals surface area contributed by atoms with Gasteiger partial charge in [-0.3, -0.25) is 0 Å². The number of hydrogen-bond acceptors (Lipinski definition) is 6. The Morgan fingerprint density at radius 1 is 1.35 bits per heavy atom. The van der Waals surface area contributed by atoms with Gasteiger partial charge in [-0.2, -0.15) is 0 Å². The van der Waals surface area contributed by atoms with Crippen LogP contribution in [0.15, 0.2) is 24.3 Å². The van der Waals surface area contributed by atoms with E-state index in [2.05, 4.69) is 13.2 Å². The van der Waals surface area contributed by atoms with Crippen molar-refractivity contribution in [2.75, 3.05) is 0 Å². The number of esters is 2. The molecule has 4 aliphatic rings. The molecular formula is C20H26O6. The number of carbonyl (C=O) groups is 2. The topological polar surface area (TPSA) is 85.4 Å². The molecule has 0 amide bonds. The number of hydrogen-bond donors (Lipinski definition) is 1. The Labute approximate surface area is 153 Å². The molecule has 1 N–H and O–H groups in total. The quantitative estimate of drug-likeness (QED) is 0.350. The van der Waals surface area contributed by atoms with Gasteiger partial charge in [0.15, 0.2) is 5.60 Å². The van der Waals surface area contributed by atoms with E-state index in [-0.39, 0.29) is 12.0 Å². The lowest BCUT2D eigenvalue weighted by Gasteiger charge is -2.54. The SMILES string of the molecule is C=C1C(=O)O[C@H]2[C@H]1[C@H](OC(=O)C1(C)OC1C)C[C@@]1(C)[C@H](O)CCC(=C)[C@H]21. The normalized spacial score (nSPS) is 49.9. The summed E-state index contributed by atoms with van der Waals surface area (Å²) in [6.45, 7) is 13.5. The molecule has 4 fully saturated rings. The average molecular weight is 362 g/mol. The van der Waals surface area contributed by atoms with E-state index in [1.165, 1.54) is 0 Å². The Morgan fingerprint density at radius 3 is 2.62 bits per heavy atom. The van der Waals surface area contributed by atoms with E-state index >= 15 is 0 Å². The highest BCUT2D eigenvalue weighted by Crippen LogP contribution is 2.58. The van der Waals surface area contributed by atoms with Crippen LogP contribution in [0.2, 0.25) is 0 Å². The first-order chi connectivity index (χ1) is 12.1. The average Bonchev–Trinajstić information content (AvgIpc) is 3.07. The second kappa shape index (κ2) is 5.42. The Kier molecular flexibility index (Phi) is 3.70. The minimum Gasteiger partial charge on any atom is -0.459 e. The molecule has 2 aliphatic heterocycles. The third-order valence-corrected chi connectivity index (χ3v) is 7.09. The van der Waals surface area contributed by atoms with E-state index in [0.717, 1.165) is 5.57 Å². The van der Waals surface area contributed by atoms with Crippen molar-refractivity contribution in [2.45, 2.75) is 70.1 Å². The molecule has 26 heavy (non-hydrogen) atoms. The molecule has 2 saturated carbocycles. The van der Waals surface area contributed by atoms with Crippen molar-refractivity contribution in [2.24, 2.45) is 17.3 Å². The van der Waals surface area contributed by atoms with E-state index in [0.29, 0.717) is 24.8 Å². The molecule has 0 radical (unpaired) electrons. The van der Waals surface area contributed by atoms with Gasteiger partial charge in [0.25, 0.3) is 0 Å². The Bertz CT molecular complexity index is 713. The van der Waals surface area contributed by atoms with Crippen LogP contribution in [-0.2, 0) is 23.8 Å². The molecule has 0 aromatic rings. The van der Waals surface area contributed by atoms with Crippen molar-refractivity contribution in [3.05, 3.63) is 24.3 Å². The maximum absolute atomic E-state index is 12.6. The highest BCUT2D eigenvalue weighted by Gasteiger charge is 2.64. The van der Waals surface area contributed by atoms with Crippen molar-refractivity contribution >= 4 is 11.9 Å². The Hall–Kier alpha value is -1.66. The van der Waals surface area contributed by atoms with Crippen LogP contribution in [0.5, 0.6) is 0 Å². The molecular weight excluding hydrogens is 336 g/mol. The summed E-state index contributed by atoms with van der Waals surface area (Å²) in [5, 5.41) is 10.7. The molecule has 6 heteroatoms. The first-order valence-electron chi connectivity index (χ1n) is 9.24. The number of aliphatic hydroxyl groups is 1. The van der Waals surface area contributed by atoms with Gasteiger partial charge in [0.1, 0.15) is 12.2 Å². The van der Waals surface area contributed by atoms with Gasteiger partial charge in [-0.05, 0) is 33.1 Å². The van der Waals surface area contributed by atoms with Crippen molar-refractivity contribution in [1.82, 2.24) is 0 Å². The van der Waals surface area contributed by atoms with Crippen LogP contribution in [0.3, 0.4) is 0 Å². The number of aliphatic hydroxyl groups excluding tert-OH is 1. The summed E-state index contributed by atoms with van der Waals surface area (Å²) in [5.74, 6) is -1.47. The lowest BCUT2D eigenvalue weighted by molar-refractivity contribution is -0.181. The van der Waals surface area contributed by atoms with Gasteiger partial charge in [-0.25, -0.2) is 9.59 Å². The van der Waals surface area contributed by atoms with Crippen LogP contribution in [-0.4, -0.2) is 47.1 Å². The molecule has 2 saturated heterocycles. The summed E-state index contributed by atoms with van der Waals surface area (Å²) in [4.78, 5) is 24.8. The molecule has 2 aliphatic carbocycles. The van der Waals surface area contributed by atoms with Gasteiger partial charge in [0.05, 0.1) is 18.1 Å². The molecule has 0 bridgehead atoms. The summed E-state index contributed by atoms with van der Waals surface area (Å²) in [6, 6.07) is 0. The fourth-order valence-electron chi connectivity index (χ4n) is 5.15. The summed E-state index contributed by atoms with van der Waals surface area (Å²) in [7, 11) is 0. The largest absolute Gasteiger partial charge is 0.459 e. The molecule has 0 aromatic heterocycles. The monoisotopic (exact) mass is 362 g/mol. The molecule has 6 nitrogen and oxygen atoms in total. The minimum atomic E-state index is -0.938. The number of rotatable bonds is 2. The van der Waals surface area contributed by atoms with Gasteiger partial charge in [-0.1, -0.05) is 25.7 Å². The highest BCUT2D eigenvalue weighted by atomic mass is 16.7. The van der Waals surface area contributed by atoms with Crippen LogP contribution in [0.25, 0.3) is 0 Å². The van der Waals surface area contributed by atoms with Crippen molar-refractivity contribution in [1.29, 1.82) is 0 Å². The van der Waals surface area contributed by atoms with E-state index in [4.69, 9.17) is 14.2 Å². The molecule has 2 heterocycles. The zero-order valence-electron chi connectivity index (χ0n) is 15.5. The summed E-state index contributed by atoms with van der Waals surface area (Å²) in [6.07, 6.45) is -0.105. The number of fused-ring (bicyclic) bond motifs is 3. The van der Waals surface area contributed by atoms with Crippen molar-refractivity contribution in [3.63, 3.8) is 0 Å². The second-order valence-electron chi connectivity index (χ2n) is 8.63. The zero-order valence-corrected chi connectivity index (χ0v) is 15.5. The lowest BCUT2D eigenvalue weighted by atomic mass is 9.53. The molecule has 142 valence electrons. The number of ether oxygens (including phenoxy) is 3. The third kappa shape index (κ3) is 2.24. The third-order valence-electron chi connectivity index (χ3n) is 7.09. The standard InChI is InChI=1S/C20H26O6/c1-9-6-7-13(21)19(4)8-12(24-18(23)20(5)11(3)26-20)14-10(2)17(22)25-16(14)15(9)19/h11-16,21H,1-2,6-8H2,3-5H3/t11?,12-,13-,14-,15-,16+,19+,20?/m1/s1. The first kappa shape index (κ1) is 17.7. The minimum absolute atomic E-state index is 0.166. The van der Waals surface area contributed by atoms with Crippen LogP contribution in [0, 0.1) is 17.3 Å². The zero-order chi connectivity index (χ0) is 19.0. The predicted molar refractivity (Wildman–Crippen MR) is 91.9 cm³/mol. The van der Waals surface area contributed by atoms with Crippen LogP contribution < -0.4 is 0 Å². The van der Waals surface area contributed by atoms with Crippen LogP contribution in [0.1, 0.15) is 40.0 Å². The van der Waals surface area contributed by atoms with E-state index in [1.54, 1.807) is 6.92 Å². The van der Waals surface area contributed by atoms with Crippen molar-refractivity contribution < 1.29 is 28.9 Å². The molecule has 0 aromatic carbocycles. The Balaban J connectivity index is 1.68. The maximum atomic E-state index is 12.6. The van der Waals surface area contributed by atoms with E-state index in [9.17, 15) is 14.7 Å². The van der Waals surface area contributed by atoms with Gasteiger partial charge >= 0.3 is 11.9 Å². The molecule has 0 spiro atoms. The van der Waals surface area contributed by atoms with Gasteiger partial charge < -0.3 is 19.3 Å². The molecule has 4 rings (SSSR count). The van der Waals surface area contributed by atoms with Crippen LogP contribution in [0.4, 0.5) is 0 Å². The fourth-order valence-corrected chi connectivity index (χ4v) is 5.15.